The molecule has 0 aliphatic carbocycles. The number of nitrogens with zero attached hydrogens (tertiary/aromatic N) is 3. The van der Waals surface area contributed by atoms with Gasteiger partial charge in [0, 0.05) is 30.7 Å². The molecule has 0 bridgehead atoms. The first-order valence-electron chi connectivity index (χ1n) is 10.2. The zero-order valence-corrected chi connectivity index (χ0v) is 16.5. The molecule has 0 amide bonds. The standard InChI is InChI=1S/C20H41N3/c1-6-8-9-18(7-2)22(5)19-10-14-23(15-11-19)20(3)12-16-21(4)17-13-20/h18-19H,6-17H2,1-5H3. The summed E-state index contributed by atoms with van der Waals surface area (Å²) < 4.78 is 0. The lowest BCUT2D eigenvalue weighted by Crippen LogP contribution is -2.57. The lowest BCUT2D eigenvalue weighted by molar-refractivity contribution is 0.00106. The van der Waals surface area contributed by atoms with Gasteiger partial charge in [0.1, 0.15) is 0 Å². The topological polar surface area (TPSA) is 9.72 Å². The lowest BCUT2D eigenvalue weighted by atomic mass is 9.85. The Morgan fingerprint density at radius 3 is 2.22 bits per heavy atom. The third kappa shape index (κ3) is 4.93. The summed E-state index contributed by atoms with van der Waals surface area (Å²) in [6.07, 6.45) is 10.8. The third-order valence-corrected chi connectivity index (χ3v) is 6.81. The predicted molar refractivity (Wildman–Crippen MR) is 101 cm³/mol. The van der Waals surface area contributed by atoms with Crippen LogP contribution in [0.4, 0.5) is 0 Å². The number of piperidine rings is 2. The van der Waals surface area contributed by atoms with Gasteiger partial charge in [0.25, 0.3) is 0 Å². The molecule has 2 rings (SSSR count). The minimum atomic E-state index is 0.461. The number of hydrogen-bond donors (Lipinski definition) is 0. The van der Waals surface area contributed by atoms with Gasteiger partial charge in [0.05, 0.1) is 0 Å². The molecule has 0 aromatic heterocycles. The van der Waals surface area contributed by atoms with Gasteiger partial charge in [-0.15, -0.1) is 0 Å². The molecule has 2 aliphatic heterocycles. The largest absolute Gasteiger partial charge is 0.306 e. The van der Waals surface area contributed by atoms with Crippen LogP contribution in [-0.2, 0) is 0 Å². The Morgan fingerprint density at radius 1 is 1.09 bits per heavy atom. The molecule has 2 heterocycles. The summed E-state index contributed by atoms with van der Waals surface area (Å²) in [5, 5.41) is 0. The molecular weight excluding hydrogens is 282 g/mol. The summed E-state index contributed by atoms with van der Waals surface area (Å²) >= 11 is 0. The first kappa shape index (κ1) is 19.2. The molecule has 3 heteroatoms. The Morgan fingerprint density at radius 2 is 1.70 bits per heavy atom. The van der Waals surface area contributed by atoms with E-state index in [0.717, 1.165) is 12.1 Å². The van der Waals surface area contributed by atoms with Crippen LogP contribution in [0, 0.1) is 0 Å². The quantitative estimate of drug-likeness (QED) is 0.705. The van der Waals surface area contributed by atoms with Crippen molar-refractivity contribution in [2.24, 2.45) is 0 Å². The molecule has 23 heavy (non-hydrogen) atoms. The van der Waals surface area contributed by atoms with Gasteiger partial charge in [-0.2, -0.15) is 0 Å². The summed E-state index contributed by atoms with van der Waals surface area (Å²) in [4.78, 5) is 8.03. The van der Waals surface area contributed by atoms with Crippen LogP contribution in [0.2, 0.25) is 0 Å². The Balaban J connectivity index is 1.83. The second kappa shape index (κ2) is 8.82. The van der Waals surface area contributed by atoms with Crippen molar-refractivity contribution in [2.45, 2.75) is 89.8 Å². The van der Waals surface area contributed by atoms with Gasteiger partial charge in [-0.05, 0) is 72.6 Å². The van der Waals surface area contributed by atoms with Crippen LogP contribution in [0.5, 0.6) is 0 Å². The van der Waals surface area contributed by atoms with Gasteiger partial charge in [0.15, 0.2) is 0 Å². The predicted octanol–water partition coefficient (Wildman–Crippen LogP) is 3.84. The Hall–Kier alpha value is -0.120. The molecule has 1 atom stereocenters. The molecule has 136 valence electrons. The second-order valence-electron chi connectivity index (χ2n) is 8.39. The van der Waals surface area contributed by atoms with Crippen LogP contribution in [-0.4, -0.2) is 72.6 Å². The van der Waals surface area contributed by atoms with E-state index >= 15 is 0 Å². The fourth-order valence-corrected chi connectivity index (χ4v) is 4.66. The molecule has 0 spiro atoms. The zero-order valence-electron chi connectivity index (χ0n) is 16.5. The number of likely N-dealkylation sites (tertiary alicyclic amines) is 2. The van der Waals surface area contributed by atoms with E-state index in [1.807, 2.05) is 0 Å². The van der Waals surface area contributed by atoms with Gasteiger partial charge in [-0.1, -0.05) is 26.7 Å². The van der Waals surface area contributed by atoms with Gasteiger partial charge in [-0.3, -0.25) is 4.90 Å². The van der Waals surface area contributed by atoms with E-state index in [1.54, 1.807) is 0 Å². The highest BCUT2D eigenvalue weighted by Gasteiger charge is 2.37. The molecule has 1 unspecified atom stereocenters. The van der Waals surface area contributed by atoms with E-state index < -0.39 is 0 Å². The molecule has 0 radical (unpaired) electrons. The van der Waals surface area contributed by atoms with Gasteiger partial charge in [-0.25, -0.2) is 0 Å². The molecule has 2 saturated heterocycles. The first-order valence-corrected chi connectivity index (χ1v) is 10.2. The molecule has 3 nitrogen and oxygen atoms in total. The second-order valence-corrected chi connectivity index (χ2v) is 8.39. The van der Waals surface area contributed by atoms with E-state index in [-0.39, 0.29) is 0 Å². The molecular formula is C20H41N3. The minimum Gasteiger partial charge on any atom is -0.306 e. The first-order chi connectivity index (χ1) is 11.0. The summed E-state index contributed by atoms with van der Waals surface area (Å²) in [5.41, 5.74) is 0.461. The molecule has 0 aromatic rings. The number of hydrogen-bond acceptors (Lipinski definition) is 3. The summed E-state index contributed by atoms with van der Waals surface area (Å²) in [6, 6.07) is 1.60. The van der Waals surface area contributed by atoms with Crippen LogP contribution >= 0.6 is 0 Å². The van der Waals surface area contributed by atoms with Crippen LogP contribution in [0.1, 0.15) is 72.1 Å². The normalized spacial score (nSPS) is 25.8. The van der Waals surface area contributed by atoms with Crippen molar-refractivity contribution < 1.29 is 0 Å². The Labute approximate surface area is 145 Å². The highest BCUT2D eigenvalue weighted by molar-refractivity contribution is 4.94. The van der Waals surface area contributed by atoms with E-state index in [4.69, 9.17) is 0 Å². The number of unbranched alkanes of at least 4 members (excludes halogenated alkanes) is 1. The monoisotopic (exact) mass is 323 g/mol. The van der Waals surface area contributed by atoms with Crippen LogP contribution in [0.25, 0.3) is 0 Å². The van der Waals surface area contributed by atoms with Crippen molar-refractivity contribution in [2.75, 3.05) is 40.3 Å². The van der Waals surface area contributed by atoms with E-state index in [2.05, 4.69) is 49.6 Å². The minimum absolute atomic E-state index is 0.461. The van der Waals surface area contributed by atoms with Crippen molar-refractivity contribution in [3.63, 3.8) is 0 Å². The van der Waals surface area contributed by atoms with Crippen LogP contribution < -0.4 is 0 Å². The van der Waals surface area contributed by atoms with E-state index in [9.17, 15) is 0 Å². The highest BCUT2D eigenvalue weighted by atomic mass is 15.3. The average Bonchev–Trinajstić information content (AvgIpc) is 2.58. The smallest absolute Gasteiger partial charge is 0.0205 e. The number of rotatable bonds is 7. The van der Waals surface area contributed by atoms with Crippen LogP contribution in [0.15, 0.2) is 0 Å². The van der Waals surface area contributed by atoms with E-state index in [0.29, 0.717) is 5.54 Å². The van der Waals surface area contributed by atoms with Crippen LogP contribution in [0.3, 0.4) is 0 Å². The van der Waals surface area contributed by atoms with Crippen molar-refractivity contribution in [3.8, 4) is 0 Å². The fraction of sp³-hybridized carbons (Fsp3) is 1.00. The summed E-state index contributed by atoms with van der Waals surface area (Å²) in [7, 11) is 4.66. The average molecular weight is 324 g/mol. The highest BCUT2D eigenvalue weighted by Crippen LogP contribution is 2.32. The Bertz CT molecular complexity index is 328. The summed E-state index contributed by atoms with van der Waals surface area (Å²) in [6.45, 7) is 12.3. The van der Waals surface area contributed by atoms with E-state index in [1.165, 1.54) is 77.5 Å². The van der Waals surface area contributed by atoms with Crippen molar-refractivity contribution in [1.82, 2.24) is 14.7 Å². The summed E-state index contributed by atoms with van der Waals surface area (Å²) in [5.74, 6) is 0. The molecule has 0 aromatic carbocycles. The lowest BCUT2D eigenvalue weighted by Gasteiger charge is -2.50. The van der Waals surface area contributed by atoms with Gasteiger partial charge in [0.2, 0.25) is 0 Å². The third-order valence-electron chi connectivity index (χ3n) is 6.81. The molecule has 2 fully saturated rings. The molecule has 0 saturated carbocycles. The van der Waals surface area contributed by atoms with Crippen molar-refractivity contribution in [1.29, 1.82) is 0 Å². The maximum atomic E-state index is 2.82. The fourth-order valence-electron chi connectivity index (χ4n) is 4.66. The van der Waals surface area contributed by atoms with Gasteiger partial charge >= 0.3 is 0 Å². The maximum absolute atomic E-state index is 2.82. The van der Waals surface area contributed by atoms with Gasteiger partial charge < -0.3 is 9.80 Å². The zero-order chi connectivity index (χ0) is 16.9. The molecule has 2 aliphatic rings. The molecule has 0 N–H and O–H groups in total. The SMILES string of the molecule is CCCCC(CC)N(C)C1CCN(C2(C)CCN(C)CC2)CC1. The van der Waals surface area contributed by atoms with Crippen molar-refractivity contribution >= 4 is 0 Å². The Kier molecular flexibility index (Phi) is 7.37. The maximum Gasteiger partial charge on any atom is 0.0205 e. The van der Waals surface area contributed by atoms with Crippen molar-refractivity contribution in [3.05, 3.63) is 0 Å².